The summed E-state index contributed by atoms with van der Waals surface area (Å²) in [7, 11) is 1.41. The first-order valence-electron chi connectivity index (χ1n) is 21.3. The summed E-state index contributed by atoms with van der Waals surface area (Å²) in [4.78, 5) is 35.3. The average molecular weight is 805 g/mol. The van der Waals surface area contributed by atoms with Crippen molar-refractivity contribution < 1.29 is 42.1 Å². The first-order chi connectivity index (χ1) is 27.0. The number of likely N-dealkylation sites (N-methyl/N-ethyl adjacent to an activating group) is 1. The van der Waals surface area contributed by atoms with Crippen LogP contribution in [0.2, 0.25) is 0 Å². The van der Waals surface area contributed by atoms with Crippen LogP contribution in [0.15, 0.2) is 85.1 Å². The Labute approximate surface area is 341 Å². The fourth-order valence-electron chi connectivity index (χ4n) is 5.08. The number of phosphoric ester groups is 1. The lowest BCUT2D eigenvalue weighted by Crippen LogP contribution is -2.37. The SMILES string of the molecule is CC/C=C/C/C=C/C/C=C/C/C=C/CCCCC(=O)OC[C@H](COP(=O)(O)OCC[N+](C)(C)C)OC(=O)CCC/C=C/C/C=C/C/C=C/CCCCCCCC. The number of quaternary nitrogens is 1. The van der Waals surface area contributed by atoms with Crippen LogP contribution in [0.4, 0.5) is 0 Å². The summed E-state index contributed by atoms with van der Waals surface area (Å²) in [6, 6.07) is 0. The molecule has 2 atom stereocenters. The number of phosphoric acid groups is 1. The average Bonchev–Trinajstić information content (AvgIpc) is 3.15. The number of hydrogen-bond acceptors (Lipinski definition) is 7. The van der Waals surface area contributed by atoms with Crippen LogP contribution < -0.4 is 0 Å². The predicted octanol–water partition coefficient (Wildman–Crippen LogP) is 12.0. The highest BCUT2D eigenvalue weighted by Gasteiger charge is 2.27. The molecule has 0 aliphatic rings. The van der Waals surface area contributed by atoms with Crippen LogP contribution in [0.1, 0.15) is 142 Å². The molecule has 0 spiro atoms. The maximum Gasteiger partial charge on any atom is 0.472 e. The van der Waals surface area contributed by atoms with E-state index in [1.807, 2.05) is 27.2 Å². The van der Waals surface area contributed by atoms with Crippen LogP contribution in [0, 0.1) is 0 Å². The number of rotatable bonds is 37. The second-order valence-corrected chi connectivity index (χ2v) is 16.4. The maximum atomic E-state index is 12.7. The van der Waals surface area contributed by atoms with Gasteiger partial charge in [0.1, 0.15) is 19.8 Å². The van der Waals surface area contributed by atoms with Crippen molar-refractivity contribution in [2.45, 2.75) is 148 Å². The van der Waals surface area contributed by atoms with Gasteiger partial charge < -0.3 is 18.9 Å². The van der Waals surface area contributed by atoms with Gasteiger partial charge in [0, 0.05) is 12.8 Å². The zero-order valence-corrected chi connectivity index (χ0v) is 36.7. The van der Waals surface area contributed by atoms with Gasteiger partial charge in [0.25, 0.3) is 0 Å². The van der Waals surface area contributed by atoms with Gasteiger partial charge in [-0.25, -0.2) is 4.57 Å². The molecule has 0 heterocycles. The molecule has 10 heteroatoms. The molecule has 0 aliphatic carbocycles. The second kappa shape index (κ2) is 37.7. The van der Waals surface area contributed by atoms with E-state index in [4.69, 9.17) is 18.5 Å². The number of carbonyl (C=O) groups is 2. The highest BCUT2D eigenvalue weighted by molar-refractivity contribution is 7.47. The predicted molar refractivity (Wildman–Crippen MR) is 233 cm³/mol. The minimum absolute atomic E-state index is 0.0112. The third kappa shape index (κ3) is 40.8. The standard InChI is InChI=1S/C46H78NO8P/c1-6-8-10-12-14-16-18-20-22-23-25-27-29-31-33-35-37-39-46(49)55-44(43-54-56(50,51)53-41-40-47(3,4)5)42-52-45(48)38-36-34-32-30-28-26-24-21-19-17-15-13-11-9-7-2/h9,11,15,17,20-22,24-25,27-28,30-31,33,44H,6-8,10,12-14,16,18-19,23,26,29,32,34-43H2,1-5H3/p+1/b11-9+,17-15+,22-20+,24-21+,27-25+,30-28+,33-31+/t44-/m1/s1. The minimum Gasteiger partial charge on any atom is -0.462 e. The number of esters is 2. The molecule has 0 aliphatic heterocycles. The van der Waals surface area contributed by atoms with Crippen molar-refractivity contribution in [3.05, 3.63) is 85.1 Å². The Morgan fingerprint density at radius 2 is 1.04 bits per heavy atom. The molecule has 9 nitrogen and oxygen atoms in total. The highest BCUT2D eigenvalue weighted by Crippen LogP contribution is 2.43. The lowest BCUT2D eigenvalue weighted by Gasteiger charge is -2.24. The lowest BCUT2D eigenvalue weighted by atomic mass is 10.1. The molecular formula is C46H79NO8P+. The zero-order chi connectivity index (χ0) is 41.4. The summed E-state index contributed by atoms with van der Waals surface area (Å²) in [5.41, 5.74) is 0. The van der Waals surface area contributed by atoms with Crippen molar-refractivity contribution >= 4 is 19.8 Å². The van der Waals surface area contributed by atoms with Crippen LogP contribution in [0.5, 0.6) is 0 Å². The number of allylic oxidation sites excluding steroid dienone is 14. The Morgan fingerprint density at radius 3 is 1.57 bits per heavy atom. The van der Waals surface area contributed by atoms with Crippen molar-refractivity contribution in [3.8, 4) is 0 Å². The summed E-state index contributed by atoms with van der Waals surface area (Å²) in [6.07, 6.45) is 47.9. The summed E-state index contributed by atoms with van der Waals surface area (Å²) >= 11 is 0. The Bertz CT molecular complexity index is 1230. The van der Waals surface area contributed by atoms with Gasteiger partial charge in [0.15, 0.2) is 6.10 Å². The maximum absolute atomic E-state index is 12.7. The molecule has 0 rings (SSSR count). The van der Waals surface area contributed by atoms with Gasteiger partial charge in [-0.1, -0.05) is 131 Å². The van der Waals surface area contributed by atoms with E-state index < -0.39 is 32.5 Å². The third-order valence-corrected chi connectivity index (χ3v) is 9.39. The van der Waals surface area contributed by atoms with Crippen molar-refractivity contribution in [1.82, 2.24) is 0 Å². The van der Waals surface area contributed by atoms with E-state index in [9.17, 15) is 19.0 Å². The van der Waals surface area contributed by atoms with Crippen LogP contribution in [0.25, 0.3) is 0 Å². The van der Waals surface area contributed by atoms with Gasteiger partial charge >= 0.3 is 19.8 Å². The molecule has 56 heavy (non-hydrogen) atoms. The van der Waals surface area contributed by atoms with Crippen molar-refractivity contribution in [2.75, 3.05) is 47.5 Å². The Hall–Kier alpha value is -2.81. The Balaban J connectivity index is 4.56. The van der Waals surface area contributed by atoms with Gasteiger partial charge in [-0.3, -0.25) is 18.6 Å². The third-order valence-electron chi connectivity index (χ3n) is 8.41. The molecule has 0 saturated carbocycles. The summed E-state index contributed by atoms with van der Waals surface area (Å²) < 4.78 is 34.1. The fourth-order valence-corrected chi connectivity index (χ4v) is 5.82. The van der Waals surface area contributed by atoms with Gasteiger partial charge in [0.05, 0.1) is 27.7 Å². The molecule has 0 aromatic carbocycles. The number of ether oxygens (including phenoxy) is 2. The van der Waals surface area contributed by atoms with E-state index in [-0.39, 0.29) is 26.1 Å². The fraction of sp³-hybridized carbons (Fsp3) is 0.652. The quantitative estimate of drug-likeness (QED) is 0.0217. The van der Waals surface area contributed by atoms with Gasteiger partial charge in [-0.15, -0.1) is 0 Å². The molecule has 0 fully saturated rings. The van der Waals surface area contributed by atoms with Gasteiger partial charge in [-0.05, 0) is 83.5 Å². The molecule has 0 saturated heterocycles. The highest BCUT2D eigenvalue weighted by atomic mass is 31.2. The molecule has 0 radical (unpaired) electrons. The monoisotopic (exact) mass is 805 g/mol. The van der Waals surface area contributed by atoms with Crippen LogP contribution in [0.3, 0.4) is 0 Å². The van der Waals surface area contributed by atoms with Gasteiger partial charge in [-0.2, -0.15) is 0 Å². The normalized spacial score (nSPS) is 14.5. The molecule has 1 unspecified atom stereocenters. The van der Waals surface area contributed by atoms with Crippen molar-refractivity contribution in [1.29, 1.82) is 0 Å². The van der Waals surface area contributed by atoms with Crippen LogP contribution in [-0.2, 0) is 32.7 Å². The second-order valence-electron chi connectivity index (χ2n) is 15.0. The van der Waals surface area contributed by atoms with E-state index in [1.165, 1.54) is 38.5 Å². The Kier molecular flexibility index (Phi) is 35.9. The molecule has 0 aromatic rings. The van der Waals surface area contributed by atoms with Crippen molar-refractivity contribution in [2.24, 2.45) is 0 Å². The molecule has 0 bridgehead atoms. The first-order valence-corrected chi connectivity index (χ1v) is 22.8. The number of hydrogen-bond donors (Lipinski definition) is 1. The van der Waals surface area contributed by atoms with E-state index in [0.717, 1.165) is 57.8 Å². The number of carbonyl (C=O) groups excluding carboxylic acids is 2. The van der Waals surface area contributed by atoms with Crippen LogP contribution >= 0.6 is 7.82 Å². The summed E-state index contributed by atoms with van der Waals surface area (Å²) in [5.74, 6) is -0.918. The van der Waals surface area contributed by atoms with E-state index >= 15 is 0 Å². The molecular weight excluding hydrogens is 725 g/mol. The zero-order valence-electron chi connectivity index (χ0n) is 35.8. The van der Waals surface area contributed by atoms with E-state index in [1.54, 1.807) is 0 Å². The molecule has 0 aromatic heterocycles. The summed E-state index contributed by atoms with van der Waals surface area (Å²) in [5, 5.41) is 0. The summed E-state index contributed by atoms with van der Waals surface area (Å²) in [6.45, 7) is 4.16. The topological polar surface area (TPSA) is 108 Å². The lowest BCUT2D eigenvalue weighted by molar-refractivity contribution is -0.870. The van der Waals surface area contributed by atoms with Crippen LogP contribution in [-0.4, -0.2) is 74.9 Å². The molecule has 0 amide bonds. The minimum atomic E-state index is -4.40. The molecule has 1 N–H and O–H groups in total. The number of nitrogens with zero attached hydrogens (tertiary/aromatic N) is 1. The first kappa shape index (κ1) is 53.2. The Morgan fingerprint density at radius 1 is 0.571 bits per heavy atom. The van der Waals surface area contributed by atoms with E-state index in [0.29, 0.717) is 30.3 Å². The smallest absolute Gasteiger partial charge is 0.462 e. The van der Waals surface area contributed by atoms with Crippen molar-refractivity contribution in [3.63, 3.8) is 0 Å². The van der Waals surface area contributed by atoms with Gasteiger partial charge in [0.2, 0.25) is 0 Å². The van der Waals surface area contributed by atoms with E-state index in [2.05, 4.69) is 92.8 Å². The number of unbranched alkanes of at least 4 members (excludes halogenated alkanes) is 9. The largest absolute Gasteiger partial charge is 0.472 e. The molecule has 320 valence electrons.